The predicted octanol–water partition coefficient (Wildman–Crippen LogP) is 4.97. The van der Waals surface area contributed by atoms with Crippen LogP contribution in [0.15, 0.2) is 24.4 Å². The number of carbonyl (C=O) groups excluding carboxylic acids is 1. The highest BCUT2D eigenvalue weighted by Gasteiger charge is 2.33. The highest BCUT2D eigenvalue weighted by Crippen LogP contribution is 2.34. The normalized spacial score (nSPS) is 14.2. The largest absolute Gasteiger partial charge is 0.359 e. The van der Waals surface area contributed by atoms with Gasteiger partial charge in [-0.15, -0.1) is 0 Å². The van der Waals surface area contributed by atoms with Gasteiger partial charge in [-0.2, -0.15) is 0 Å². The van der Waals surface area contributed by atoms with E-state index < -0.39 is 11.2 Å². The van der Waals surface area contributed by atoms with Crippen LogP contribution in [0.3, 0.4) is 0 Å². The van der Waals surface area contributed by atoms with Gasteiger partial charge in [-0.3, -0.25) is 4.79 Å². The fourth-order valence-electron chi connectivity index (χ4n) is 2.75. The van der Waals surface area contributed by atoms with Gasteiger partial charge < -0.3 is 10.4 Å². The zero-order valence-corrected chi connectivity index (χ0v) is 13.4. The van der Waals surface area contributed by atoms with E-state index in [-0.39, 0.29) is 5.78 Å². The van der Waals surface area contributed by atoms with Gasteiger partial charge in [-0.05, 0) is 43.2 Å². The first kappa shape index (κ1) is 16.4. The summed E-state index contributed by atoms with van der Waals surface area (Å²) in [5, 5.41) is 8.09. The first-order valence-corrected chi connectivity index (χ1v) is 7.68. The maximum absolute atomic E-state index is 14.1. The number of fused-ring (bicyclic) bond motifs is 1. The Morgan fingerprint density at radius 3 is 2.82 bits per heavy atom. The van der Waals surface area contributed by atoms with Crippen LogP contribution in [0.5, 0.6) is 0 Å². The van der Waals surface area contributed by atoms with Crippen LogP contribution < -0.4 is 0 Å². The molecule has 2 aromatic rings. The first-order valence-electron chi connectivity index (χ1n) is 7.68. The number of aromatic nitrogens is 1. The number of nitrogens with one attached hydrogen (secondary N) is 2. The summed E-state index contributed by atoms with van der Waals surface area (Å²) in [6.45, 7) is 6.10. The minimum Gasteiger partial charge on any atom is -0.359 e. The monoisotopic (exact) mass is 302 g/mol. The van der Waals surface area contributed by atoms with Crippen LogP contribution >= 0.6 is 0 Å². The Hall–Kier alpha value is -1.97. The van der Waals surface area contributed by atoms with Gasteiger partial charge in [0.1, 0.15) is 5.82 Å². The Bertz CT molecular complexity index is 689. The molecule has 22 heavy (non-hydrogen) atoms. The predicted molar refractivity (Wildman–Crippen MR) is 88.2 cm³/mol. The maximum atomic E-state index is 14.1. The van der Waals surface area contributed by atoms with Crippen molar-refractivity contribution in [2.45, 2.75) is 40.0 Å². The van der Waals surface area contributed by atoms with Gasteiger partial charge in [0.25, 0.3) is 0 Å². The van der Waals surface area contributed by atoms with Crippen LogP contribution in [-0.4, -0.2) is 17.0 Å². The lowest BCUT2D eigenvalue weighted by atomic mass is 9.75. The summed E-state index contributed by atoms with van der Waals surface area (Å²) in [4.78, 5) is 15.7. The van der Waals surface area contributed by atoms with Crippen LogP contribution in [0.2, 0.25) is 0 Å². The molecular weight excluding hydrogens is 279 g/mol. The van der Waals surface area contributed by atoms with Gasteiger partial charge in [0.05, 0.1) is 5.52 Å². The number of hydrogen-bond acceptors (Lipinski definition) is 2. The molecule has 1 atom stereocenters. The third kappa shape index (κ3) is 3.26. The minimum atomic E-state index is -0.650. The van der Waals surface area contributed by atoms with E-state index in [0.717, 1.165) is 6.42 Å². The number of hydrogen-bond donors (Lipinski definition) is 2. The Balaban J connectivity index is 2.37. The third-order valence-electron chi connectivity index (χ3n) is 4.25. The summed E-state index contributed by atoms with van der Waals surface area (Å²) in [6.07, 6.45) is 4.93. The molecule has 0 amide bonds. The van der Waals surface area contributed by atoms with E-state index in [1.807, 2.05) is 6.92 Å². The minimum absolute atomic E-state index is 0.0846. The van der Waals surface area contributed by atoms with Crippen molar-refractivity contribution in [2.24, 2.45) is 11.3 Å². The fourth-order valence-corrected chi connectivity index (χ4v) is 2.75. The highest BCUT2D eigenvalue weighted by molar-refractivity contribution is 6.03. The van der Waals surface area contributed by atoms with Gasteiger partial charge in [0.2, 0.25) is 0 Å². The molecule has 0 aliphatic rings. The Kier molecular flexibility index (Phi) is 4.79. The summed E-state index contributed by atoms with van der Waals surface area (Å²) >= 11 is 0. The molecule has 1 aromatic carbocycles. The van der Waals surface area contributed by atoms with Gasteiger partial charge in [0, 0.05) is 22.6 Å². The van der Waals surface area contributed by atoms with E-state index in [2.05, 4.69) is 18.8 Å². The lowest BCUT2D eigenvalue weighted by molar-refractivity contribution is 0.0803. The number of H-pyrrole nitrogens is 1. The number of aromatic amines is 1. The van der Waals surface area contributed by atoms with E-state index in [4.69, 9.17) is 5.41 Å². The quantitative estimate of drug-likeness (QED) is 0.550. The summed E-state index contributed by atoms with van der Waals surface area (Å²) < 4.78 is 14.1. The molecule has 4 heteroatoms. The van der Waals surface area contributed by atoms with E-state index in [9.17, 15) is 9.18 Å². The highest BCUT2D eigenvalue weighted by atomic mass is 19.1. The van der Waals surface area contributed by atoms with Crippen LogP contribution in [0.1, 0.15) is 50.4 Å². The van der Waals surface area contributed by atoms with Gasteiger partial charge >= 0.3 is 0 Å². The van der Waals surface area contributed by atoms with Crippen molar-refractivity contribution in [3.05, 3.63) is 35.8 Å². The second-order valence-corrected chi connectivity index (χ2v) is 6.63. The number of Topliss-reactive ketones (excluding diaryl/α,β-unsaturated/α-hetero) is 1. The molecule has 0 fully saturated rings. The topological polar surface area (TPSA) is 56.7 Å². The second kappa shape index (κ2) is 6.42. The average Bonchev–Trinajstić information content (AvgIpc) is 2.93. The molecular formula is C18H23FN2O. The van der Waals surface area contributed by atoms with Crippen molar-refractivity contribution in [1.82, 2.24) is 4.98 Å². The molecule has 118 valence electrons. The van der Waals surface area contributed by atoms with E-state index in [0.29, 0.717) is 35.2 Å². The van der Waals surface area contributed by atoms with Crippen molar-refractivity contribution >= 4 is 22.9 Å². The molecule has 0 spiro atoms. The molecule has 1 aromatic heterocycles. The van der Waals surface area contributed by atoms with E-state index in [1.54, 1.807) is 18.3 Å². The Morgan fingerprint density at radius 2 is 2.18 bits per heavy atom. The molecule has 0 aliphatic carbocycles. The molecule has 2 rings (SSSR count). The number of benzene rings is 1. The number of carbonyl (C=O) groups is 1. The van der Waals surface area contributed by atoms with Gasteiger partial charge in [-0.25, -0.2) is 4.39 Å². The fraction of sp³-hybridized carbons (Fsp3) is 0.444. The lowest BCUT2D eigenvalue weighted by Gasteiger charge is -2.27. The SMILES string of the molecule is CC(C)CC[C@](C)(CC=N)C(=O)c1cc(F)c2[nH]ccc2c1. The van der Waals surface area contributed by atoms with Crippen molar-refractivity contribution in [2.75, 3.05) is 0 Å². The van der Waals surface area contributed by atoms with Crippen LogP contribution in [0, 0.1) is 22.6 Å². The van der Waals surface area contributed by atoms with Crippen LogP contribution in [0.25, 0.3) is 10.9 Å². The zero-order chi connectivity index (χ0) is 16.3. The van der Waals surface area contributed by atoms with E-state index >= 15 is 0 Å². The second-order valence-electron chi connectivity index (χ2n) is 6.63. The average molecular weight is 302 g/mol. The smallest absolute Gasteiger partial charge is 0.169 e. The lowest BCUT2D eigenvalue weighted by Crippen LogP contribution is -2.29. The molecule has 2 N–H and O–H groups in total. The maximum Gasteiger partial charge on any atom is 0.169 e. The summed E-state index contributed by atoms with van der Waals surface area (Å²) in [7, 11) is 0. The summed E-state index contributed by atoms with van der Waals surface area (Å²) in [5.41, 5.74) is 0.160. The number of halogens is 1. The molecule has 0 radical (unpaired) electrons. The van der Waals surface area contributed by atoms with Gasteiger partial charge in [0.15, 0.2) is 5.78 Å². The van der Waals surface area contributed by atoms with Crippen LogP contribution in [0.4, 0.5) is 4.39 Å². The zero-order valence-electron chi connectivity index (χ0n) is 13.4. The molecule has 0 saturated heterocycles. The third-order valence-corrected chi connectivity index (χ3v) is 4.25. The van der Waals surface area contributed by atoms with Crippen molar-refractivity contribution in [1.29, 1.82) is 5.41 Å². The number of rotatable bonds is 7. The van der Waals surface area contributed by atoms with E-state index in [1.165, 1.54) is 12.3 Å². The van der Waals surface area contributed by atoms with Crippen molar-refractivity contribution in [3.63, 3.8) is 0 Å². The van der Waals surface area contributed by atoms with Crippen molar-refractivity contribution < 1.29 is 9.18 Å². The van der Waals surface area contributed by atoms with Gasteiger partial charge in [-0.1, -0.05) is 27.2 Å². The standard InChI is InChI=1S/C18H23FN2O/c1-12(2)4-6-18(3,7-8-20)17(22)14-10-13-5-9-21-16(13)15(19)11-14/h5,8-12,20-21H,4,6-7H2,1-3H3/t18-/m1/s1. The van der Waals surface area contributed by atoms with Crippen molar-refractivity contribution in [3.8, 4) is 0 Å². The number of ketones is 1. The Morgan fingerprint density at radius 1 is 1.45 bits per heavy atom. The molecule has 0 bridgehead atoms. The molecule has 0 aliphatic heterocycles. The molecule has 0 saturated carbocycles. The summed E-state index contributed by atoms with van der Waals surface area (Å²) in [6, 6.07) is 4.80. The molecule has 1 heterocycles. The van der Waals surface area contributed by atoms with Crippen LogP contribution in [-0.2, 0) is 0 Å². The Labute approximate surface area is 130 Å². The summed E-state index contributed by atoms with van der Waals surface area (Å²) in [5.74, 6) is -0.00712. The molecule has 0 unspecified atom stereocenters. The molecule has 3 nitrogen and oxygen atoms in total. The first-order chi connectivity index (χ1) is 10.4.